The fourth-order valence-electron chi connectivity index (χ4n) is 3.16. The average Bonchev–Trinajstić information content (AvgIpc) is 3.14. The lowest BCUT2D eigenvalue weighted by Gasteiger charge is -2.34. The Kier molecular flexibility index (Phi) is 5.14. The minimum absolute atomic E-state index is 0.00814. The Bertz CT molecular complexity index is 876. The van der Waals surface area contributed by atoms with Gasteiger partial charge in [0.15, 0.2) is 0 Å². The topological polar surface area (TPSA) is 74.2 Å². The number of carbonyl (C=O) groups is 1. The zero-order valence-corrected chi connectivity index (χ0v) is 15.2. The van der Waals surface area contributed by atoms with Crippen LogP contribution >= 0.6 is 11.7 Å². The number of fused-ring (bicyclic) bond motifs is 1. The van der Waals surface area contributed by atoms with Crippen molar-refractivity contribution in [3.05, 3.63) is 48.3 Å². The quantitative estimate of drug-likeness (QED) is 0.741. The van der Waals surface area contributed by atoms with Crippen molar-refractivity contribution in [1.29, 1.82) is 0 Å². The minimum atomic E-state index is -0.00814. The van der Waals surface area contributed by atoms with Crippen molar-refractivity contribution in [3.63, 3.8) is 0 Å². The van der Waals surface area contributed by atoms with Crippen LogP contribution in [-0.4, -0.2) is 62.2 Å². The van der Waals surface area contributed by atoms with E-state index in [1.54, 1.807) is 6.20 Å². The van der Waals surface area contributed by atoms with Crippen molar-refractivity contribution in [3.8, 4) is 0 Å². The zero-order chi connectivity index (χ0) is 17.8. The summed E-state index contributed by atoms with van der Waals surface area (Å²) in [5, 5.41) is 2.97. The van der Waals surface area contributed by atoms with E-state index in [1.807, 2.05) is 30.5 Å². The lowest BCUT2D eigenvalue weighted by molar-refractivity contribution is -0.117. The molecule has 1 saturated heterocycles. The molecule has 2 aromatic heterocycles. The van der Waals surface area contributed by atoms with Crippen molar-refractivity contribution >= 4 is 34.4 Å². The van der Waals surface area contributed by atoms with Crippen LogP contribution in [0.5, 0.6) is 0 Å². The van der Waals surface area contributed by atoms with E-state index in [1.165, 1.54) is 5.56 Å². The summed E-state index contributed by atoms with van der Waals surface area (Å²) in [6.45, 7) is 4.98. The van der Waals surface area contributed by atoms with Gasteiger partial charge in [-0.1, -0.05) is 12.1 Å². The number of aromatic nitrogens is 3. The molecule has 0 saturated carbocycles. The highest BCUT2D eigenvalue weighted by molar-refractivity contribution is 7.00. The molecule has 0 spiro atoms. The summed E-state index contributed by atoms with van der Waals surface area (Å²) in [5.74, 6) is -0.00814. The normalized spacial score (nSPS) is 16.0. The Labute approximate surface area is 156 Å². The number of nitrogens with zero attached hydrogens (tertiary/aromatic N) is 5. The van der Waals surface area contributed by atoms with Gasteiger partial charge in [-0.05, 0) is 23.8 Å². The van der Waals surface area contributed by atoms with E-state index in [-0.39, 0.29) is 5.91 Å². The summed E-state index contributed by atoms with van der Waals surface area (Å²) in [4.78, 5) is 21.1. The van der Waals surface area contributed by atoms with E-state index in [4.69, 9.17) is 0 Å². The molecule has 8 heteroatoms. The molecule has 1 aromatic carbocycles. The second-order valence-corrected chi connectivity index (χ2v) is 6.93. The minimum Gasteiger partial charge on any atom is -0.323 e. The molecule has 0 radical (unpaired) electrons. The van der Waals surface area contributed by atoms with Gasteiger partial charge in [-0.25, -0.2) is 0 Å². The monoisotopic (exact) mass is 368 g/mol. The van der Waals surface area contributed by atoms with Crippen LogP contribution in [0.25, 0.3) is 11.0 Å². The first-order chi connectivity index (χ1) is 12.8. The van der Waals surface area contributed by atoms with Crippen LogP contribution in [0.2, 0.25) is 0 Å². The second-order valence-electron chi connectivity index (χ2n) is 6.40. The summed E-state index contributed by atoms with van der Waals surface area (Å²) in [6, 6.07) is 9.72. The average molecular weight is 368 g/mol. The standard InChI is InChI=1S/C18H20N6OS/c25-17(20-15-4-1-5-16-18(15)22-26-21-16)13-24-9-7-23(8-10-24)12-14-3-2-6-19-11-14/h1-6,11H,7-10,12-13H2,(H,20,25). The van der Waals surface area contributed by atoms with Crippen LogP contribution in [-0.2, 0) is 11.3 Å². The molecule has 1 aliphatic rings. The lowest BCUT2D eigenvalue weighted by atomic mass is 10.2. The highest BCUT2D eigenvalue weighted by atomic mass is 32.1. The van der Waals surface area contributed by atoms with Crippen molar-refractivity contribution in [2.24, 2.45) is 0 Å². The molecule has 1 N–H and O–H groups in total. The molecule has 3 heterocycles. The summed E-state index contributed by atoms with van der Waals surface area (Å²) in [6.07, 6.45) is 3.70. The van der Waals surface area contributed by atoms with Gasteiger partial charge in [0.25, 0.3) is 0 Å². The molecule has 0 aliphatic carbocycles. The molecule has 0 unspecified atom stereocenters. The Hall–Kier alpha value is -2.42. The maximum Gasteiger partial charge on any atom is 0.238 e. The third-order valence-corrected chi connectivity index (χ3v) is 5.06. The van der Waals surface area contributed by atoms with Crippen LogP contribution < -0.4 is 5.32 Å². The number of nitrogens with one attached hydrogen (secondary N) is 1. The van der Waals surface area contributed by atoms with Gasteiger partial charge in [0.05, 0.1) is 24.0 Å². The van der Waals surface area contributed by atoms with Gasteiger partial charge in [-0.3, -0.25) is 19.6 Å². The molecule has 1 amide bonds. The fraction of sp³-hybridized carbons (Fsp3) is 0.333. The van der Waals surface area contributed by atoms with Crippen molar-refractivity contribution in [2.45, 2.75) is 6.54 Å². The summed E-state index contributed by atoms with van der Waals surface area (Å²) in [5.41, 5.74) is 3.53. The Morgan fingerprint density at radius 3 is 2.73 bits per heavy atom. The summed E-state index contributed by atoms with van der Waals surface area (Å²) < 4.78 is 8.46. The molecular formula is C18H20N6OS. The van der Waals surface area contributed by atoms with Gasteiger partial charge in [0.1, 0.15) is 11.0 Å². The first-order valence-corrected chi connectivity index (χ1v) is 9.36. The number of rotatable bonds is 5. The molecule has 134 valence electrons. The predicted octanol–water partition coefficient (Wildman–Crippen LogP) is 1.84. The van der Waals surface area contributed by atoms with E-state index in [0.717, 1.165) is 61.2 Å². The first kappa shape index (κ1) is 17.0. The van der Waals surface area contributed by atoms with Gasteiger partial charge < -0.3 is 5.32 Å². The number of pyridine rings is 1. The lowest BCUT2D eigenvalue weighted by Crippen LogP contribution is -2.48. The molecule has 3 aromatic rings. The number of amides is 1. The van der Waals surface area contributed by atoms with Crippen LogP contribution in [0.15, 0.2) is 42.7 Å². The Morgan fingerprint density at radius 1 is 1.08 bits per heavy atom. The van der Waals surface area contributed by atoms with Crippen molar-refractivity contribution in [1.82, 2.24) is 23.5 Å². The molecule has 26 heavy (non-hydrogen) atoms. The summed E-state index contributed by atoms with van der Waals surface area (Å²) >= 11 is 1.16. The van der Waals surface area contributed by atoms with E-state index in [0.29, 0.717) is 6.54 Å². The van der Waals surface area contributed by atoms with Gasteiger partial charge in [0, 0.05) is 45.1 Å². The molecule has 0 atom stereocenters. The first-order valence-electron chi connectivity index (χ1n) is 8.63. The fourth-order valence-corrected chi connectivity index (χ4v) is 3.70. The predicted molar refractivity (Wildman–Crippen MR) is 102 cm³/mol. The van der Waals surface area contributed by atoms with Gasteiger partial charge >= 0.3 is 0 Å². The van der Waals surface area contributed by atoms with E-state index in [9.17, 15) is 4.79 Å². The van der Waals surface area contributed by atoms with E-state index in [2.05, 4.69) is 34.9 Å². The number of piperazine rings is 1. The maximum absolute atomic E-state index is 12.4. The highest BCUT2D eigenvalue weighted by Crippen LogP contribution is 2.21. The third-order valence-electron chi connectivity index (χ3n) is 4.52. The molecule has 7 nitrogen and oxygen atoms in total. The molecule has 1 aliphatic heterocycles. The number of anilines is 1. The number of benzene rings is 1. The zero-order valence-electron chi connectivity index (χ0n) is 14.3. The second kappa shape index (κ2) is 7.86. The van der Waals surface area contributed by atoms with Gasteiger partial charge in [-0.2, -0.15) is 8.75 Å². The SMILES string of the molecule is O=C(CN1CCN(Cc2cccnc2)CC1)Nc1cccc2nsnc12. The van der Waals surface area contributed by atoms with E-state index < -0.39 is 0 Å². The van der Waals surface area contributed by atoms with Crippen LogP contribution in [0.4, 0.5) is 5.69 Å². The largest absolute Gasteiger partial charge is 0.323 e. The third kappa shape index (κ3) is 4.04. The Morgan fingerprint density at radius 2 is 1.92 bits per heavy atom. The molecule has 4 rings (SSSR count). The van der Waals surface area contributed by atoms with Crippen LogP contribution in [0.3, 0.4) is 0 Å². The number of hydrogen-bond donors (Lipinski definition) is 1. The molecule has 1 fully saturated rings. The maximum atomic E-state index is 12.4. The number of hydrogen-bond acceptors (Lipinski definition) is 7. The molecular weight excluding hydrogens is 348 g/mol. The van der Waals surface area contributed by atoms with Crippen LogP contribution in [0, 0.1) is 0 Å². The summed E-state index contributed by atoms with van der Waals surface area (Å²) in [7, 11) is 0. The molecule has 0 bridgehead atoms. The van der Waals surface area contributed by atoms with Crippen LogP contribution in [0.1, 0.15) is 5.56 Å². The number of carbonyl (C=O) groups excluding carboxylic acids is 1. The highest BCUT2D eigenvalue weighted by Gasteiger charge is 2.19. The van der Waals surface area contributed by atoms with Crippen molar-refractivity contribution in [2.75, 3.05) is 38.0 Å². The Balaban J connectivity index is 1.27. The van der Waals surface area contributed by atoms with E-state index >= 15 is 0 Å². The smallest absolute Gasteiger partial charge is 0.238 e. The van der Waals surface area contributed by atoms with Crippen molar-refractivity contribution < 1.29 is 4.79 Å². The van der Waals surface area contributed by atoms with Gasteiger partial charge in [-0.15, -0.1) is 0 Å². The van der Waals surface area contributed by atoms with Gasteiger partial charge in [0.2, 0.25) is 5.91 Å².